The van der Waals surface area contributed by atoms with E-state index in [9.17, 15) is 19.8 Å². The van der Waals surface area contributed by atoms with Crippen molar-refractivity contribution in [1.29, 1.82) is 0 Å². The molecule has 1 aromatic heterocycles. The molecule has 1 amide bonds. The zero-order valence-corrected chi connectivity index (χ0v) is 17.6. The highest BCUT2D eigenvalue weighted by atomic mass is 16.5. The monoisotopic (exact) mass is 437 g/mol. The molecule has 0 saturated carbocycles. The van der Waals surface area contributed by atoms with Crippen LogP contribution in [0.3, 0.4) is 0 Å². The average molecular weight is 437 g/mol. The molecule has 0 saturated heterocycles. The van der Waals surface area contributed by atoms with Crippen molar-refractivity contribution in [1.82, 2.24) is 5.32 Å². The molecule has 1 heterocycles. The van der Waals surface area contributed by atoms with E-state index in [0.717, 1.165) is 0 Å². The molecule has 3 aromatic rings. The zero-order valence-electron chi connectivity index (χ0n) is 17.6. The Morgan fingerprint density at radius 2 is 1.69 bits per heavy atom. The van der Waals surface area contributed by atoms with Gasteiger partial charge in [-0.25, -0.2) is 4.79 Å². The normalized spacial score (nSPS) is 11.4. The number of nitrogens with one attached hydrogen (secondary N) is 1. The molecule has 0 bridgehead atoms. The number of carboxylic acids is 1. The number of amides is 1. The van der Waals surface area contributed by atoms with Gasteiger partial charge >= 0.3 is 5.97 Å². The van der Waals surface area contributed by atoms with Crippen molar-refractivity contribution in [3.8, 4) is 22.8 Å². The van der Waals surface area contributed by atoms with Crippen molar-refractivity contribution in [2.24, 2.45) is 0 Å². The van der Waals surface area contributed by atoms with Crippen LogP contribution >= 0.6 is 0 Å². The van der Waals surface area contributed by atoms with Gasteiger partial charge in [-0.1, -0.05) is 36.9 Å². The lowest BCUT2D eigenvalue weighted by atomic mass is 10.0. The summed E-state index contributed by atoms with van der Waals surface area (Å²) in [5.74, 6) is -0.487. The Morgan fingerprint density at radius 3 is 2.28 bits per heavy atom. The third-order valence-electron chi connectivity index (χ3n) is 4.82. The Bertz CT molecular complexity index is 1130. The molecule has 0 aliphatic heterocycles. The molecule has 0 aliphatic rings. The molecule has 8 heteroatoms. The van der Waals surface area contributed by atoms with Crippen molar-refractivity contribution in [3.63, 3.8) is 0 Å². The van der Waals surface area contributed by atoms with Gasteiger partial charge in [0.05, 0.1) is 14.2 Å². The fourth-order valence-corrected chi connectivity index (χ4v) is 3.11. The molecule has 3 rings (SSSR count). The molecule has 32 heavy (non-hydrogen) atoms. The van der Waals surface area contributed by atoms with Crippen LogP contribution < -0.4 is 14.8 Å². The summed E-state index contributed by atoms with van der Waals surface area (Å²) in [6.07, 6.45) is 0.0432. The second-order valence-electron chi connectivity index (χ2n) is 6.95. The third kappa shape index (κ3) is 5.10. The second kappa shape index (κ2) is 9.74. The highest BCUT2D eigenvalue weighted by molar-refractivity contribution is 5.94. The van der Waals surface area contributed by atoms with E-state index in [1.165, 1.54) is 20.3 Å². The summed E-state index contributed by atoms with van der Waals surface area (Å²) in [6.45, 7) is 3.46. The highest BCUT2D eigenvalue weighted by Gasteiger charge is 2.23. The van der Waals surface area contributed by atoms with Crippen LogP contribution in [0.4, 0.5) is 0 Å². The highest BCUT2D eigenvalue weighted by Crippen LogP contribution is 2.28. The lowest BCUT2D eigenvalue weighted by Gasteiger charge is -2.15. The first-order valence-electron chi connectivity index (χ1n) is 9.65. The maximum Gasteiger partial charge on any atom is 0.326 e. The van der Waals surface area contributed by atoms with Crippen LogP contribution in [0.25, 0.3) is 17.1 Å². The Kier molecular flexibility index (Phi) is 6.84. The molecule has 0 spiro atoms. The number of ether oxygens (including phenoxy) is 2. The number of aliphatic hydroxyl groups is 1. The molecule has 1 atom stereocenters. The topological polar surface area (TPSA) is 118 Å². The van der Waals surface area contributed by atoms with Crippen molar-refractivity contribution in [2.75, 3.05) is 14.2 Å². The van der Waals surface area contributed by atoms with E-state index in [1.54, 1.807) is 48.5 Å². The number of methoxy groups -OCH3 is 2. The standard InChI is InChI=1S/C24H23NO7/c1-14(26)16-5-7-17(8-6-16)19-10-11-21(32-19)23(27)25-18(24(28)29)12-15-4-9-20(30-2)22(13-15)31-3/h4-11,13,18,26H,1,12H2,2-3H3,(H,25,27)(H,28,29)/t18-/m0/s1. The van der Waals surface area contributed by atoms with Crippen molar-refractivity contribution in [3.05, 3.63) is 78.1 Å². The van der Waals surface area contributed by atoms with Gasteiger partial charge in [0, 0.05) is 17.5 Å². The Hall–Kier alpha value is -4.20. The summed E-state index contributed by atoms with van der Waals surface area (Å²) < 4.78 is 16.0. The van der Waals surface area contributed by atoms with Gasteiger partial charge in [0.2, 0.25) is 0 Å². The summed E-state index contributed by atoms with van der Waals surface area (Å²) in [5.41, 5.74) is 1.91. The lowest BCUT2D eigenvalue weighted by molar-refractivity contribution is -0.139. The number of hydrogen-bond acceptors (Lipinski definition) is 6. The minimum Gasteiger partial charge on any atom is -0.508 e. The number of hydrogen-bond donors (Lipinski definition) is 3. The maximum absolute atomic E-state index is 12.6. The summed E-state index contributed by atoms with van der Waals surface area (Å²) in [5, 5.41) is 21.5. The molecule has 166 valence electrons. The number of benzene rings is 2. The van der Waals surface area contributed by atoms with Gasteiger partial charge in [0.1, 0.15) is 17.6 Å². The average Bonchev–Trinajstić information content (AvgIpc) is 3.29. The Morgan fingerprint density at radius 1 is 1.00 bits per heavy atom. The van der Waals surface area contributed by atoms with Crippen LogP contribution in [0.5, 0.6) is 11.5 Å². The van der Waals surface area contributed by atoms with Gasteiger partial charge in [0.25, 0.3) is 5.91 Å². The Balaban J connectivity index is 1.73. The zero-order chi connectivity index (χ0) is 23.3. The first-order valence-corrected chi connectivity index (χ1v) is 9.65. The first-order chi connectivity index (χ1) is 15.3. The van der Waals surface area contributed by atoms with Gasteiger partial charge in [0.15, 0.2) is 17.3 Å². The lowest BCUT2D eigenvalue weighted by Crippen LogP contribution is -2.42. The predicted molar refractivity (Wildman–Crippen MR) is 118 cm³/mol. The molecule has 0 aliphatic carbocycles. The molecule has 0 fully saturated rings. The molecule has 2 aromatic carbocycles. The second-order valence-corrected chi connectivity index (χ2v) is 6.95. The van der Waals surface area contributed by atoms with Gasteiger partial charge in [-0.3, -0.25) is 4.79 Å². The quantitative estimate of drug-likeness (QED) is 0.434. The van der Waals surface area contributed by atoms with Gasteiger partial charge in [-0.05, 0) is 29.8 Å². The number of aliphatic hydroxyl groups excluding tert-OH is 1. The maximum atomic E-state index is 12.6. The van der Waals surface area contributed by atoms with Crippen molar-refractivity contribution in [2.45, 2.75) is 12.5 Å². The van der Waals surface area contributed by atoms with E-state index < -0.39 is 17.9 Å². The molecule has 3 N–H and O–H groups in total. The molecular formula is C24H23NO7. The number of carbonyl (C=O) groups is 2. The van der Waals surface area contributed by atoms with Crippen molar-refractivity contribution < 1.29 is 33.7 Å². The molecule has 0 unspecified atom stereocenters. The molecule has 0 radical (unpaired) electrons. The third-order valence-corrected chi connectivity index (χ3v) is 4.82. The minimum absolute atomic E-state index is 0.0193. The van der Waals surface area contributed by atoms with E-state index in [2.05, 4.69) is 11.9 Å². The number of carboxylic acid groups (broad SMARTS) is 1. The summed E-state index contributed by atoms with van der Waals surface area (Å²) in [4.78, 5) is 24.3. The summed E-state index contributed by atoms with van der Waals surface area (Å²) >= 11 is 0. The van der Waals surface area contributed by atoms with E-state index in [-0.39, 0.29) is 17.9 Å². The summed E-state index contributed by atoms with van der Waals surface area (Å²) in [6, 6.07) is 13.7. The van der Waals surface area contributed by atoms with Crippen LogP contribution in [0.2, 0.25) is 0 Å². The van der Waals surface area contributed by atoms with Gasteiger partial charge in [-0.2, -0.15) is 0 Å². The van der Waals surface area contributed by atoms with Crippen LogP contribution in [0.1, 0.15) is 21.7 Å². The van der Waals surface area contributed by atoms with E-state index in [1.807, 2.05) is 0 Å². The Labute approximate surface area is 184 Å². The van der Waals surface area contributed by atoms with Crippen molar-refractivity contribution >= 4 is 17.6 Å². The number of carbonyl (C=O) groups excluding carboxylic acids is 1. The molecular weight excluding hydrogens is 414 g/mol. The largest absolute Gasteiger partial charge is 0.508 e. The van der Waals surface area contributed by atoms with Gasteiger partial charge in [-0.15, -0.1) is 0 Å². The fraction of sp³-hybridized carbons (Fsp3) is 0.167. The number of rotatable bonds is 9. The van der Waals surface area contributed by atoms with Crippen LogP contribution in [0.15, 0.2) is 65.6 Å². The minimum atomic E-state index is -1.18. The molecule has 8 nitrogen and oxygen atoms in total. The van der Waals surface area contributed by atoms with Crippen LogP contribution in [-0.4, -0.2) is 42.4 Å². The SMILES string of the molecule is C=C(O)c1ccc(-c2ccc(C(=O)N[C@@H](Cc3ccc(OC)c(OC)c3)C(=O)O)o2)cc1. The van der Waals surface area contributed by atoms with E-state index in [4.69, 9.17) is 13.9 Å². The van der Waals surface area contributed by atoms with E-state index in [0.29, 0.717) is 33.9 Å². The first kappa shape index (κ1) is 22.5. The smallest absolute Gasteiger partial charge is 0.326 e. The number of furan rings is 1. The fourth-order valence-electron chi connectivity index (χ4n) is 3.11. The van der Waals surface area contributed by atoms with Crippen LogP contribution in [0, 0.1) is 0 Å². The van der Waals surface area contributed by atoms with Gasteiger partial charge < -0.3 is 29.4 Å². The summed E-state index contributed by atoms with van der Waals surface area (Å²) in [7, 11) is 2.99. The van der Waals surface area contributed by atoms with Crippen LogP contribution in [-0.2, 0) is 11.2 Å². The predicted octanol–water partition coefficient (Wildman–Crippen LogP) is 3.92. The van der Waals surface area contributed by atoms with E-state index >= 15 is 0 Å². The number of aliphatic carboxylic acids is 1.